The predicted octanol–water partition coefficient (Wildman–Crippen LogP) is 2.98. The van der Waals surface area contributed by atoms with E-state index < -0.39 is 65.7 Å². The molecule has 3 heterocycles. The highest BCUT2D eigenvalue weighted by molar-refractivity contribution is 6.13. The number of nitrogens with zero attached hydrogens (tertiary/aromatic N) is 3. The zero-order valence-electron chi connectivity index (χ0n) is 40.3. The fraction of sp³-hybridized carbons (Fsp3) is 0.400. The lowest BCUT2D eigenvalue weighted by Gasteiger charge is -2.29. The Balaban J connectivity index is 0.846. The second-order valence-corrected chi connectivity index (χ2v) is 17.7. The molecule has 6 N–H and O–H groups in total. The Hall–Kier alpha value is -7.94. The minimum atomic E-state index is -0.989. The number of urea groups is 1. The van der Waals surface area contributed by atoms with Gasteiger partial charge in [0.1, 0.15) is 24.7 Å². The first kappa shape index (κ1) is 52.4. The van der Waals surface area contributed by atoms with Gasteiger partial charge in [0.15, 0.2) is 0 Å². The second-order valence-electron chi connectivity index (χ2n) is 17.7. The number of fused-ring (bicyclic) bond motifs is 1. The van der Waals surface area contributed by atoms with Gasteiger partial charge in [-0.1, -0.05) is 44.2 Å². The molecule has 0 radical (unpaired) electrons. The molecule has 3 aliphatic rings. The highest BCUT2D eigenvalue weighted by Crippen LogP contribution is 2.29. The normalized spacial score (nSPS) is 16.0. The molecule has 3 aromatic carbocycles. The molecule has 71 heavy (non-hydrogen) atoms. The van der Waals surface area contributed by atoms with Crippen molar-refractivity contribution < 1.29 is 57.4 Å². The first-order chi connectivity index (χ1) is 33.9. The Labute approximate surface area is 410 Å². The van der Waals surface area contributed by atoms with Crippen LogP contribution in [0.5, 0.6) is 0 Å². The van der Waals surface area contributed by atoms with Gasteiger partial charge in [0.2, 0.25) is 29.5 Å². The molecule has 1 saturated heterocycles. The third-order valence-corrected chi connectivity index (χ3v) is 12.0. The van der Waals surface area contributed by atoms with E-state index in [0.29, 0.717) is 35.5 Å². The van der Waals surface area contributed by atoms with Crippen LogP contribution < -0.4 is 31.9 Å². The maximum atomic E-state index is 13.0. The maximum Gasteiger partial charge on any atom is 0.409 e. The highest BCUT2D eigenvalue weighted by Gasteiger charge is 2.39. The Morgan fingerprint density at radius 3 is 2.20 bits per heavy atom. The SMILES string of the molecule is CC(C)c1cc(NC(=O)NCc2ccc3c(c2)CN(C2CCC(=O)NC2=O)C3=O)ccc1CCOCCN(C)C(=O)OCc1ccc(NC(=O)[C@H](C)NC(=O)[C@H](C)NC(=O)CCN2C(=O)C=CC2=O)cc1. The summed E-state index contributed by atoms with van der Waals surface area (Å²) in [5.41, 5.74) is 5.86. The summed E-state index contributed by atoms with van der Waals surface area (Å²) in [6, 6.07) is 14.6. The molecule has 11 amide bonds. The zero-order chi connectivity index (χ0) is 51.4. The molecular formula is C50H59N9O12. The van der Waals surface area contributed by atoms with Crippen molar-refractivity contribution in [3.8, 4) is 0 Å². The molecule has 0 bridgehead atoms. The number of anilines is 2. The lowest BCUT2D eigenvalue weighted by Crippen LogP contribution is -2.52. The van der Waals surface area contributed by atoms with Crippen molar-refractivity contribution >= 4 is 70.8 Å². The molecule has 21 nitrogen and oxygen atoms in total. The predicted molar refractivity (Wildman–Crippen MR) is 257 cm³/mol. The van der Waals surface area contributed by atoms with E-state index in [4.69, 9.17) is 9.47 Å². The average Bonchev–Trinajstić information content (AvgIpc) is 3.84. The number of hydrogen-bond donors (Lipinski definition) is 6. The maximum absolute atomic E-state index is 13.0. The van der Waals surface area contributed by atoms with Gasteiger partial charge in [-0.25, -0.2) is 9.59 Å². The Morgan fingerprint density at radius 2 is 1.49 bits per heavy atom. The van der Waals surface area contributed by atoms with Crippen LogP contribution in [0, 0.1) is 0 Å². The number of carbonyl (C=O) groups excluding carboxylic acids is 10. The smallest absolute Gasteiger partial charge is 0.409 e. The molecule has 3 aromatic rings. The van der Waals surface area contributed by atoms with E-state index in [1.165, 1.54) is 23.6 Å². The van der Waals surface area contributed by atoms with Crippen LogP contribution >= 0.6 is 0 Å². The fourth-order valence-electron chi connectivity index (χ4n) is 7.95. The molecule has 0 aliphatic carbocycles. The minimum Gasteiger partial charge on any atom is -0.445 e. The Morgan fingerprint density at radius 1 is 0.803 bits per heavy atom. The van der Waals surface area contributed by atoms with Crippen molar-refractivity contribution in [3.05, 3.63) is 106 Å². The van der Waals surface area contributed by atoms with Gasteiger partial charge in [-0.15, -0.1) is 0 Å². The number of carbonyl (C=O) groups is 10. The monoisotopic (exact) mass is 977 g/mol. The Kier molecular flexibility index (Phi) is 17.8. The number of imide groups is 2. The average molecular weight is 978 g/mol. The molecule has 3 atom stereocenters. The van der Waals surface area contributed by atoms with E-state index in [1.807, 2.05) is 24.3 Å². The number of nitrogens with one attached hydrogen (secondary N) is 6. The van der Waals surface area contributed by atoms with Crippen molar-refractivity contribution in [3.63, 3.8) is 0 Å². The molecule has 0 spiro atoms. The third kappa shape index (κ3) is 14.3. The quantitative estimate of drug-likeness (QED) is 0.0665. The molecule has 21 heteroatoms. The molecule has 6 rings (SSSR count). The van der Waals surface area contributed by atoms with Gasteiger partial charge in [-0.2, -0.15) is 0 Å². The summed E-state index contributed by atoms with van der Waals surface area (Å²) in [6.45, 7) is 8.30. The summed E-state index contributed by atoms with van der Waals surface area (Å²) in [6.07, 6.45) is 2.56. The van der Waals surface area contributed by atoms with Crippen LogP contribution in [0.25, 0.3) is 0 Å². The standard InChI is InChI=1S/C50H59N9O12/c1-29(2)39-25-37(55-49(68)51-26-33-8-13-38-35(24-33)27-59(48(38)67)40-14-15-41(60)56-47(40)66)12-9-34(39)19-22-70-23-21-57(5)50(69)71-28-32-6-10-36(11-7-32)54-46(65)31(4)53-45(64)30(3)52-42(61)18-20-58-43(62)16-17-44(58)63/h6-13,16-17,24-25,29-31,40H,14-15,18-23,26-28H2,1-5H3,(H,52,61)(H,53,64)(H,54,65)(H2,51,55,68)(H,56,60,66)/t30-,31-,40?/m0/s1. The molecule has 376 valence electrons. The van der Waals surface area contributed by atoms with Crippen molar-refractivity contribution in [2.75, 3.05) is 44.0 Å². The molecular weight excluding hydrogens is 919 g/mol. The number of rotatable bonds is 21. The Bertz CT molecular complexity index is 2580. The van der Waals surface area contributed by atoms with Crippen molar-refractivity contribution in [2.45, 2.75) is 97.1 Å². The first-order valence-corrected chi connectivity index (χ1v) is 23.3. The fourth-order valence-corrected chi connectivity index (χ4v) is 7.95. The van der Waals surface area contributed by atoms with E-state index in [9.17, 15) is 47.9 Å². The minimum absolute atomic E-state index is 0.0210. The first-order valence-electron chi connectivity index (χ1n) is 23.3. The van der Waals surface area contributed by atoms with Gasteiger partial charge in [0.05, 0.1) is 13.2 Å². The van der Waals surface area contributed by atoms with Crippen molar-refractivity contribution in [1.82, 2.24) is 36.0 Å². The molecule has 1 fully saturated rings. The van der Waals surface area contributed by atoms with E-state index >= 15 is 0 Å². The molecule has 0 aromatic heterocycles. The number of likely N-dealkylation sites (N-methyl/N-ethyl adjacent to an activating group) is 1. The van der Waals surface area contributed by atoms with Crippen LogP contribution in [-0.4, -0.2) is 126 Å². The van der Waals surface area contributed by atoms with E-state index in [0.717, 1.165) is 39.3 Å². The topological polar surface area (TPSA) is 271 Å². The van der Waals surface area contributed by atoms with Crippen LogP contribution in [0.2, 0.25) is 0 Å². The van der Waals surface area contributed by atoms with E-state index in [2.05, 4.69) is 45.7 Å². The summed E-state index contributed by atoms with van der Waals surface area (Å²) in [5.74, 6) is -3.61. The summed E-state index contributed by atoms with van der Waals surface area (Å²) in [7, 11) is 1.60. The summed E-state index contributed by atoms with van der Waals surface area (Å²) in [4.78, 5) is 127. The van der Waals surface area contributed by atoms with Crippen LogP contribution in [0.15, 0.2) is 72.8 Å². The van der Waals surface area contributed by atoms with Crippen LogP contribution in [0.4, 0.5) is 21.0 Å². The largest absolute Gasteiger partial charge is 0.445 e. The number of benzene rings is 3. The van der Waals surface area contributed by atoms with Crippen LogP contribution in [0.1, 0.15) is 91.1 Å². The van der Waals surface area contributed by atoms with E-state index in [-0.39, 0.29) is 76.4 Å². The van der Waals surface area contributed by atoms with Crippen molar-refractivity contribution in [1.29, 1.82) is 0 Å². The van der Waals surface area contributed by atoms with E-state index in [1.54, 1.807) is 43.4 Å². The zero-order valence-corrected chi connectivity index (χ0v) is 40.3. The summed E-state index contributed by atoms with van der Waals surface area (Å²) >= 11 is 0. The molecule has 0 saturated carbocycles. The number of amides is 11. The van der Waals surface area contributed by atoms with Gasteiger partial charge in [-0.05, 0) is 90.8 Å². The third-order valence-electron chi connectivity index (χ3n) is 12.0. The lowest BCUT2D eigenvalue weighted by atomic mass is 9.95. The number of hydrogen-bond acceptors (Lipinski definition) is 12. The second kappa shape index (κ2) is 24.1. The summed E-state index contributed by atoms with van der Waals surface area (Å²) in [5, 5.41) is 15.8. The molecule has 3 aliphatic heterocycles. The number of piperidine rings is 1. The lowest BCUT2D eigenvalue weighted by molar-refractivity contribution is -0.138. The van der Waals surface area contributed by atoms with Crippen LogP contribution in [0.3, 0.4) is 0 Å². The van der Waals surface area contributed by atoms with Gasteiger partial charge in [0.25, 0.3) is 17.7 Å². The molecule has 1 unspecified atom stereocenters. The highest BCUT2D eigenvalue weighted by atomic mass is 16.6. The van der Waals surface area contributed by atoms with Gasteiger partial charge in [-0.3, -0.25) is 48.6 Å². The van der Waals surface area contributed by atoms with Gasteiger partial charge < -0.3 is 45.9 Å². The van der Waals surface area contributed by atoms with Gasteiger partial charge in [0, 0.05) is 75.2 Å². The van der Waals surface area contributed by atoms with Gasteiger partial charge >= 0.3 is 12.1 Å². The van der Waals surface area contributed by atoms with Crippen molar-refractivity contribution in [2.24, 2.45) is 0 Å². The number of ether oxygens (including phenoxy) is 2. The van der Waals surface area contributed by atoms with Crippen LogP contribution in [-0.2, 0) is 69.2 Å². The summed E-state index contributed by atoms with van der Waals surface area (Å²) < 4.78 is 11.3.